The molecule has 0 spiro atoms. The Hall–Kier alpha value is -1.85. The quantitative estimate of drug-likeness (QED) is 0.940. The van der Waals surface area contributed by atoms with Gasteiger partial charge in [0.25, 0.3) is 0 Å². The zero-order chi connectivity index (χ0) is 15.7. The topological polar surface area (TPSA) is 59.5 Å². The number of hydrogen-bond acceptors (Lipinski definition) is 3. The van der Waals surface area contributed by atoms with E-state index in [0.717, 1.165) is 19.4 Å². The molecule has 2 N–H and O–H groups in total. The summed E-state index contributed by atoms with van der Waals surface area (Å²) >= 11 is 5.75. The van der Waals surface area contributed by atoms with E-state index in [4.69, 9.17) is 21.8 Å². The van der Waals surface area contributed by atoms with E-state index in [1.54, 1.807) is 24.3 Å². The van der Waals surface area contributed by atoms with Gasteiger partial charge >= 0.3 is 0 Å². The van der Waals surface area contributed by atoms with Crippen LogP contribution in [0.5, 0.6) is 0 Å². The fourth-order valence-electron chi connectivity index (χ4n) is 2.83. The van der Waals surface area contributed by atoms with E-state index >= 15 is 0 Å². The molecule has 0 bridgehead atoms. The number of nitrogens with zero attached hydrogens (tertiary/aromatic N) is 1. The summed E-state index contributed by atoms with van der Waals surface area (Å²) in [5, 5.41) is 0.342. The van der Waals surface area contributed by atoms with Crippen molar-refractivity contribution in [3.63, 3.8) is 0 Å². The highest BCUT2D eigenvalue weighted by atomic mass is 35.5. The average molecular weight is 323 g/mol. The number of halogens is 2. The number of carbonyl (C=O) groups is 1. The average Bonchev–Trinajstić information content (AvgIpc) is 3.08. The Labute approximate surface area is 132 Å². The lowest BCUT2D eigenvalue weighted by Gasteiger charge is -2.20. The van der Waals surface area contributed by atoms with Gasteiger partial charge in [-0.25, -0.2) is 4.39 Å². The summed E-state index contributed by atoms with van der Waals surface area (Å²) in [6.45, 7) is 1.29. The maximum Gasteiger partial charge on any atom is 0.234 e. The first kappa shape index (κ1) is 15.1. The molecule has 3 rings (SSSR count). The number of furan rings is 1. The molecule has 0 saturated carbocycles. The third kappa shape index (κ3) is 3.00. The summed E-state index contributed by atoms with van der Waals surface area (Å²) in [5.41, 5.74) is 5.76. The van der Waals surface area contributed by atoms with Crippen LogP contribution in [0.25, 0.3) is 11.3 Å². The Balaban J connectivity index is 1.78. The van der Waals surface area contributed by atoms with Crippen LogP contribution < -0.4 is 5.73 Å². The number of benzene rings is 1. The minimum absolute atomic E-state index is 0.249. The molecular formula is C16H16ClFN2O2. The van der Waals surface area contributed by atoms with Gasteiger partial charge in [-0.2, -0.15) is 0 Å². The molecule has 0 radical (unpaired) electrons. The van der Waals surface area contributed by atoms with Crippen molar-refractivity contribution in [2.75, 3.05) is 6.54 Å². The summed E-state index contributed by atoms with van der Waals surface area (Å²) in [6, 6.07) is 7.72. The lowest BCUT2D eigenvalue weighted by molar-refractivity contribution is -0.122. The molecule has 116 valence electrons. The molecule has 1 aromatic carbocycles. The minimum Gasteiger partial charge on any atom is -0.460 e. The summed E-state index contributed by atoms with van der Waals surface area (Å²) in [4.78, 5) is 13.4. The van der Waals surface area contributed by atoms with Crippen LogP contribution in [0.4, 0.5) is 4.39 Å². The second kappa shape index (κ2) is 6.10. The predicted molar refractivity (Wildman–Crippen MR) is 81.7 cm³/mol. The summed E-state index contributed by atoms with van der Waals surface area (Å²) < 4.78 is 19.6. The van der Waals surface area contributed by atoms with Crippen LogP contribution in [0.1, 0.15) is 18.6 Å². The number of hydrogen-bond donors (Lipinski definition) is 1. The molecule has 0 aliphatic carbocycles. The van der Waals surface area contributed by atoms with Crippen LogP contribution in [0.2, 0.25) is 5.02 Å². The first-order chi connectivity index (χ1) is 10.5. The predicted octanol–water partition coefficient (Wildman–Crippen LogP) is 3.19. The van der Waals surface area contributed by atoms with Crippen LogP contribution in [-0.4, -0.2) is 23.4 Å². The largest absolute Gasteiger partial charge is 0.460 e. The van der Waals surface area contributed by atoms with Crippen molar-refractivity contribution in [1.29, 1.82) is 0 Å². The van der Waals surface area contributed by atoms with Crippen molar-refractivity contribution in [1.82, 2.24) is 4.90 Å². The smallest absolute Gasteiger partial charge is 0.234 e. The SMILES string of the molecule is NC(=O)[C@H]1CCCN1Cc1ccc(-c2ccc(Cl)cc2F)o1. The number of nitrogens with two attached hydrogens (primary N) is 1. The third-order valence-corrected chi connectivity index (χ3v) is 4.14. The number of rotatable bonds is 4. The Bertz CT molecular complexity index is 701. The normalized spacial score (nSPS) is 18.7. The van der Waals surface area contributed by atoms with Crippen LogP contribution in [0, 0.1) is 5.82 Å². The fraction of sp³-hybridized carbons (Fsp3) is 0.312. The third-order valence-electron chi connectivity index (χ3n) is 3.91. The van der Waals surface area contributed by atoms with Crippen molar-refractivity contribution < 1.29 is 13.6 Å². The molecule has 1 aliphatic heterocycles. The molecule has 1 saturated heterocycles. The Morgan fingerprint density at radius 3 is 2.95 bits per heavy atom. The molecule has 1 amide bonds. The number of carbonyl (C=O) groups excluding carboxylic acids is 1. The standard InChI is InChI=1S/C16H16ClFN2O2/c17-10-3-5-12(13(18)8-10)15-6-4-11(22-15)9-20-7-1-2-14(20)16(19)21/h3-6,8,14H,1-2,7,9H2,(H2,19,21)/t14-/m1/s1. The van der Waals surface area contributed by atoms with Gasteiger partial charge in [-0.1, -0.05) is 11.6 Å². The van der Waals surface area contributed by atoms with Crippen LogP contribution in [0.3, 0.4) is 0 Å². The van der Waals surface area contributed by atoms with Crippen molar-refractivity contribution in [3.8, 4) is 11.3 Å². The summed E-state index contributed by atoms with van der Waals surface area (Å²) in [6.07, 6.45) is 1.71. The molecule has 6 heteroatoms. The second-order valence-corrected chi connectivity index (χ2v) is 5.86. The molecule has 1 atom stereocenters. The Morgan fingerprint density at radius 1 is 1.41 bits per heavy atom. The molecule has 0 unspecified atom stereocenters. The van der Waals surface area contributed by atoms with E-state index < -0.39 is 5.82 Å². The van der Waals surface area contributed by atoms with Crippen LogP contribution >= 0.6 is 11.6 Å². The number of likely N-dealkylation sites (tertiary alicyclic amines) is 1. The zero-order valence-electron chi connectivity index (χ0n) is 11.9. The van der Waals surface area contributed by atoms with E-state index in [2.05, 4.69) is 0 Å². The van der Waals surface area contributed by atoms with Crippen LogP contribution in [0.15, 0.2) is 34.7 Å². The Kier molecular flexibility index (Phi) is 4.18. The fourth-order valence-corrected chi connectivity index (χ4v) is 2.99. The van der Waals surface area contributed by atoms with Crippen molar-refractivity contribution >= 4 is 17.5 Å². The number of primary amides is 1. The highest BCUT2D eigenvalue weighted by molar-refractivity contribution is 6.30. The Morgan fingerprint density at radius 2 is 2.23 bits per heavy atom. The summed E-state index contributed by atoms with van der Waals surface area (Å²) in [5.74, 6) is 0.383. The molecule has 1 aliphatic rings. The number of amides is 1. The van der Waals surface area contributed by atoms with Gasteiger partial charge in [-0.3, -0.25) is 9.69 Å². The highest BCUT2D eigenvalue weighted by Gasteiger charge is 2.29. The van der Waals surface area contributed by atoms with Crippen LogP contribution in [-0.2, 0) is 11.3 Å². The van der Waals surface area contributed by atoms with E-state index in [-0.39, 0.29) is 11.9 Å². The summed E-state index contributed by atoms with van der Waals surface area (Å²) in [7, 11) is 0. The minimum atomic E-state index is -0.426. The maximum absolute atomic E-state index is 13.9. The molecular weight excluding hydrogens is 307 g/mol. The molecule has 2 aromatic rings. The lowest BCUT2D eigenvalue weighted by atomic mass is 10.1. The van der Waals surface area contributed by atoms with Gasteiger partial charge in [0.1, 0.15) is 17.3 Å². The first-order valence-corrected chi connectivity index (χ1v) is 7.50. The van der Waals surface area contributed by atoms with Gasteiger partial charge in [0.15, 0.2) is 0 Å². The van der Waals surface area contributed by atoms with Crippen molar-refractivity contribution in [2.45, 2.75) is 25.4 Å². The van der Waals surface area contributed by atoms with Gasteiger partial charge in [0.2, 0.25) is 5.91 Å². The van der Waals surface area contributed by atoms with Gasteiger partial charge in [-0.15, -0.1) is 0 Å². The van der Waals surface area contributed by atoms with Crippen molar-refractivity contribution in [2.24, 2.45) is 5.73 Å². The maximum atomic E-state index is 13.9. The molecule has 1 fully saturated rings. The monoisotopic (exact) mass is 322 g/mol. The van der Waals surface area contributed by atoms with Gasteiger partial charge in [0.05, 0.1) is 18.2 Å². The second-order valence-electron chi connectivity index (χ2n) is 5.42. The molecule has 22 heavy (non-hydrogen) atoms. The van der Waals surface area contributed by atoms with E-state index in [9.17, 15) is 9.18 Å². The first-order valence-electron chi connectivity index (χ1n) is 7.12. The van der Waals surface area contributed by atoms with Gasteiger partial charge in [0, 0.05) is 5.02 Å². The van der Waals surface area contributed by atoms with Crippen molar-refractivity contribution in [3.05, 3.63) is 46.9 Å². The molecule has 1 aromatic heterocycles. The van der Waals surface area contributed by atoms with Gasteiger partial charge in [-0.05, 0) is 49.7 Å². The highest BCUT2D eigenvalue weighted by Crippen LogP contribution is 2.28. The van der Waals surface area contributed by atoms with Gasteiger partial charge < -0.3 is 10.2 Å². The molecule has 2 heterocycles. The molecule has 4 nitrogen and oxygen atoms in total. The van der Waals surface area contributed by atoms with E-state index in [1.807, 2.05) is 4.90 Å². The lowest BCUT2D eigenvalue weighted by Crippen LogP contribution is -2.39. The zero-order valence-corrected chi connectivity index (χ0v) is 12.6. The van der Waals surface area contributed by atoms with E-state index in [1.165, 1.54) is 6.07 Å². The van der Waals surface area contributed by atoms with E-state index in [0.29, 0.717) is 28.7 Å².